The van der Waals surface area contributed by atoms with Gasteiger partial charge in [0.25, 0.3) is 0 Å². The van der Waals surface area contributed by atoms with Gasteiger partial charge in [-0.3, -0.25) is 0 Å². The third-order valence-corrected chi connectivity index (χ3v) is 3.08. The second kappa shape index (κ2) is 6.66. The molecule has 2 heteroatoms. The summed E-state index contributed by atoms with van der Waals surface area (Å²) in [4.78, 5) is 0. The summed E-state index contributed by atoms with van der Waals surface area (Å²) in [6.07, 6.45) is 2.28. The van der Waals surface area contributed by atoms with E-state index in [1.54, 1.807) is 0 Å². The molecule has 1 aromatic rings. The van der Waals surface area contributed by atoms with Gasteiger partial charge in [0.2, 0.25) is 0 Å². The Bertz CT molecular complexity index is 332. The van der Waals surface area contributed by atoms with Crippen molar-refractivity contribution < 1.29 is 0 Å². The normalized spacial score (nSPS) is 10.8. The van der Waals surface area contributed by atoms with Crippen LogP contribution in [0.3, 0.4) is 0 Å². The molecule has 3 N–H and O–H groups in total. The molecule has 0 aliphatic heterocycles. The van der Waals surface area contributed by atoms with Crippen molar-refractivity contribution in [3.63, 3.8) is 0 Å². The third-order valence-electron chi connectivity index (χ3n) is 3.08. The predicted molar refractivity (Wildman–Crippen MR) is 70.6 cm³/mol. The third kappa shape index (κ3) is 3.95. The highest BCUT2D eigenvalue weighted by molar-refractivity contribution is 5.36. The van der Waals surface area contributed by atoms with Gasteiger partial charge >= 0.3 is 0 Å². The molecular weight excluding hydrogens is 196 g/mol. The predicted octanol–water partition coefficient (Wildman–Crippen LogP) is 2.44. The maximum atomic E-state index is 5.45. The van der Waals surface area contributed by atoms with Crippen LogP contribution in [0.15, 0.2) is 12.1 Å². The van der Waals surface area contributed by atoms with E-state index in [0.717, 1.165) is 26.1 Å². The highest BCUT2D eigenvalue weighted by Crippen LogP contribution is 2.14. The van der Waals surface area contributed by atoms with Gasteiger partial charge < -0.3 is 11.1 Å². The molecule has 0 spiro atoms. The maximum Gasteiger partial charge on any atom is 0.0208 e. The molecule has 2 nitrogen and oxygen atoms in total. The van der Waals surface area contributed by atoms with Gasteiger partial charge in [0, 0.05) is 6.54 Å². The SMILES string of the molecule is Cc1cc(C)c(CNCCCCN)cc1C. The van der Waals surface area contributed by atoms with Crippen LogP contribution in [0.25, 0.3) is 0 Å². The van der Waals surface area contributed by atoms with Crippen LogP contribution < -0.4 is 11.1 Å². The van der Waals surface area contributed by atoms with Gasteiger partial charge in [0.15, 0.2) is 0 Å². The summed E-state index contributed by atoms with van der Waals surface area (Å²) in [6.45, 7) is 9.35. The van der Waals surface area contributed by atoms with E-state index in [-0.39, 0.29) is 0 Å². The molecule has 16 heavy (non-hydrogen) atoms. The minimum absolute atomic E-state index is 0.796. The topological polar surface area (TPSA) is 38.0 Å². The van der Waals surface area contributed by atoms with Gasteiger partial charge in [-0.05, 0) is 69.0 Å². The van der Waals surface area contributed by atoms with Gasteiger partial charge in [-0.25, -0.2) is 0 Å². The van der Waals surface area contributed by atoms with Crippen LogP contribution in [0.2, 0.25) is 0 Å². The molecule has 0 aromatic heterocycles. The van der Waals surface area contributed by atoms with E-state index in [0.29, 0.717) is 0 Å². The first-order valence-corrected chi connectivity index (χ1v) is 6.12. The largest absolute Gasteiger partial charge is 0.330 e. The lowest BCUT2D eigenvalue weighted by atomic mass is 10.0. The van der Waals surface area contributed by atoms with Crippen molar-refractivity contribution in [2.75, 3.05) is 13.1 Å². The van der Waals surface area contributed by atoms with Gasteiger partial charge in [-0.2, -0.15) is 0 Å². The first kappa shape index (κ1) is 13.2. The fourth-order valence-corrected chi connectivity index (χ4v) is 1.83. The maximum absolute atomic E-state index is 5.45. The zero-order chi connectivity index (χ0) is 12.0. The Morgan fingerprint density at radius 1 is 1.00 bits per heavy atom. The molecule has 1 rings (SSSR count). The molecule has 0 fully saturated rings. The van der Waals surface area contributed by atoms with Gasteiger partial charge in [-0.15, -0.1) is 0 Å². The molecule has 0 radical (unpaired) electrons. The first-order valence-electron chi connectivity index (χ1n) is 6.12. The summed E-state index contributed by atoms with van der Waals surface area (Å²) in [5.41, 5.74) is 11.0. The summed E-state index contributed by atoms with van der Waals surface area (Å²) in [5.74, 6) is 0. The van der Waals surface area contributed by atoms with Gasteiger partial charge in [-0.1, -0.05) is 12.1 Å². The van der Waals surface area contributed by atoms with Gasteiger partial charge in [0.05, 0.1) is 0 Å². The second-order valence-electron chi connectivity index (χ2n) is 4.54. The Hall–Kier alpha value is -0.860. The minimum atomic E-state index is 0.796. The van der Waals surface area contributed by atoms with Crippen molar-refractivity contribution in [2.24, 2.45) is 5.73 Å². The average Bonchev–Trinajstić information content (AvgIpc) is 2.25. The van der Waals surface area contributed by atoms with Crippen molar-refractivity contribution in [2.45, 2.75) is 40.2 Å². The number of benzene rings is 1. The highest BCUT2D eigenvalue weighted by atomic mass is 14.8. The molecule has 0 aliphatic carbocycles. The summed E-state index contributed by atoms with van der Waals surface area (Å²) < 4.78 is 0. The van der Waals surface area contributed by atoms with Crippen LogP contribution in [0.1, 0.15) is 35.1 Å². The standard InChI is InChI=1S/C14H24N2/c1-11-8-13(3)14(9-12(11)2)10-16-7-5-4-6-15/h8-9,16H,4-7,10,15H2,1-3H3. The Balaban J connectivity index is 2.45. The van der Waals surface area contributed by atoms with Crippen LogP contribution in [-0.4, -0.2) is 13.1 Å². The lowest BCUT2D eigenvalue weighted by Crippen LogP contribution is -2.16. The summed E-state index contributed by atoms with van der Waals surface area (Å²) >= 11 is 0. The van der Waals surface area contributed by atoms with Crippen molar-refractivity contribution in [1.29, 1.82) is 0 Å². The number of aryl methyl sites for hydroxylation is 3. The molecule has 90 valence electrons. The quantitative estimate of drug-likeness (QED) is 0.723. The Labute approximate surface area is 99.2 Å². The van der Waals surface area contributed by atoms with Crippen LogP contribution in [0.5, 0.6) is 0 Å². The van der Waals surface area contributed by atoms with Gasteiger partial charge in [0.1, 0.15) is 0 Å². The minimum Gasteiger partial charge on any atom is -0.330 e. The lowest BCUT2D eigenvalue weighted by molar-refractivity contribution is 0.626. The van der Waals surface area contributed by atoms with Crippen molar-refractivity contribution in [3.8, 4) is 0 Å². The summed E-state index contributed by atoms with van der Waals surface area (Å²) in [7, 11) is 0. The van der Waals surface area contributed by atoms with Crippen LogP contribution in [0.4, 0.5) is 0 Å². The number of rotatable bonds is 6. The second-order valence-corrected chi connectivity index (χ2v) is 4.54. The van der Waals surface area contributed by atoms with Crippen LogP contribution in [0, 0.1) is 20.8 Å². The Kier molecular flexibility index (Phi) is 5.50. The molecule has 0 saturated carbocycles. The number of nitrogens with two attached hydrogens (primary N) is 1. The van der Waals surface area contributed by atoms with E-state index in [1.165, 1.54) is 28.7 Å². The lowest BCUT2D eigenvalue weighted by Gasteiger charge is -2.10. The Morgan fingerprint density at radius 3 is 2.38 bits per heavy atom. The van der Waals surface area contributed by atoms with E-state index >= 15 is 0 Å². The number of hydrogen-bond acceptors (Lipinski definition) is 2. The van der Waals surface area contributed by atoms with E-state index in [4.69, 9.17) is 5.73 Å². The molecule has 0 unspecified atom stereocenters. The molecule has 0 atom stereocenters. The molecule has 0 heterocycles. The molecule has 0 amide bonds. The number of unbranched alkanes of at least 4 members (excludes halogenated alkanes) is 1. The fourth-order valence-electron chi connectivity index (χ4n) is 1.83. The molecule has 1 aromatic carbocycles. The average molecular weight is 220 g/mol. The number of nitrogens with one attached hydrogen (secondary N) is 1. The van der Waals surface area contributed by atoms with E-state index in [9.17, 15) is 0 Å². The fraction of sp³-hybridized carbons (Fsp3) is 0.571. The molecular formula is C14H24N2. The smallest absolute Gasteiger partial charge is 0.0208 e. The summed E-state index contributed by atoms with van der Waals surface area (Å²) in [5, 5.41) is 3.47. The number of hydrogen-bond donors (Lipinski definition) is 2. The van der Waals surface area contributed by atoms with E-state index in [2.05, 4.69) is 38.2 Å². The van der Waals surface area contributed by atoms with Crippen molar-refractivity contribution in [1.82, 2.24) is 5.32 Å². The van der Waals surface area contributed by atoms with Crippen LogP contribution >= 0.6 is 0 Å². The zero-order valence-electron chi connectivity index (χ0n) is 10.8. The molecule has 0 saturated heterocycles. The molecule has 0 aliphatic rings. The Morgan fingerprint density at radius 2 is 1.69 bits per heavy atom. The highest BCUT2D eigenvalue weighted by Gasteiger charge is 2.01. The van der Waals surface area contributed by atoms with E-state index in [1.807, 2.05) is 0 Å². The summed E-state index contributed by atoms with van der Waals surface area (Å²) in [6, 6.07) is 4.56. The zero-order valence-corrected chi connectivity index (χ0v) is 10.8. The van der Waals surface area contributed by atoms with Crippen molar-refractivity contribution >= 4 is 0 Å². The molecule has 0 bridgehead atoms. The monoisotopic (exact) mass is 220 g/mol. The van der Waals surface area contributed by atoms with E-state index < -0.39 is 0 Å². The van der Waals surface area contributed by atoms with Crippen LogP contribution in [-0.2, 0) is 6.54 Å². The first-order chi connectivity index (χ1) is 7.65. The van der Waals surface area contributed by atoms with Crippen molar-refractivity contribution in [3.05, 3.63) is 34.4 Å².